The molecule has 0 unspecified atom stereocenters. The molecule has 2 rings (SSSR count). The molecule has 1 heterocycles. The number of benzene rings is 1. The van der Waals surface area contributed by atoms with Crippen LogP contribution in [0.25, 0.3) is 0 Å². The Morgan fingerprint density at radius 2 is 1.84 bits per heavy atom. The fraction of sp³-hybridized carbons (Fsp3) is 0.571. The van der Waals surface area contributed by atoms with Crippen molar-refractivity contribution in [2.75, 3.05) is 40.4 Å². The first kappa shape index (κ1) is 14.6. The van der Waals surface area contributed by atoms with E-state index < -0.39 is 0 Å². The predicted octanol–water partition coefficient (Wildman–Crippen LogP) is 2.18. The third-order valence-corrected chi connectivity index (χ3v) is 4.33. The summed E-state index contributed by atoms with van der Waals surface area (Å²) in [5, 5.41) is 3.37. The van der Waals surface area contributed by atoms with Crippen molar-refractivity contribution in [3.63, 3.8) is 0 Å². The van der Waals surface area contributed by atoms with Gasteiger partial charge >= 0.3 is 0 Å². The summed E-state index contributed by atoms with van der Waals surface area (Å²) in [4.78, 5) is 2.43. The van der Waals surface area contributed by atoms with Crippen LogP contribution in [0.5, 0.6) is 11.5 Å². The lowest BCUT2D eigenvalue weighted by atomic mass is 10.1. The Kier molecular flexibility index (Phi) is 5.07. The average molecular weight is 329 g/mol. The minimum atomic E-state index is 0.821. The van der Waals surface area contributed by atoms with Gasteiger partial charge < -0.3 is 14.8 Å². The highest BCUT2D eigenvalue weighted by molar-refractivity contribution is 9.10. The van der Waals surface area contributed by atoms with Crippen LogP contribution in [0.2, 0.25) is 0 Å². The SMILES string of the molecule is COc1c(CN2CCNCC2)cc(Br)c(C)c1OC. The molecule has 0 amide bonds. The van der Waals surface area contributed by atoms with Crippen LogP contribution >= 0.6 is 15.9 Å². The van der Waals surface area contributed by atoms with Gasteiger partial charge in [0.05, 0.1) is 14.2 Å². The third-order valence-electron chi connectivity index (χ3n) is 3.51. The summed E-state index contributed by atoms with van der Waals surface area (Å²) in [6.45, 7) is 7.15. The molecule has 1 N–H and O–H groups in total. The molecule has 0 bridgehead atoms. The summed E-state index contributed by atoms with van der Waals surface area (Å²) in [7, 11) is 3.39. The Hall–Kier alpha value is -0.780. The maximum absolute atomic E-state index is 5.56. The topological polar surface area (TPSA) is 33.7 Å². The van der Waals surface area contributed by atoms with Crippen molar-refractivity contribution in [2.24, 2.45) is 0 Å². The van der Waals surface area contributed by atoms with Gasteiger partial charge in [-0.2, -0.15) is 0 Å². The summed E-state index contributed by atoms with van der Waals surface area (Å²) in [5.41, 5.74) is 2.24. The van der Waals surface area contributed by atoms with E-state index in [1.807, 2.05) is 6.92 Å². The van der Waals surface area contributed by atoms with Crippen LogP contribution < -0.4 is 14.8 Å². The number of nitrogens with one attached hydrogen (secondary N) is 1. The first-order chi connectivity index (χ1) is 9.17. The van der Waals surface area contributed by atoms with Crippen molar-refractivity contribution < 1.29 is 9.47 Å². The smallest absolute Gasteiger partial charge is 0.165 e. The van der Waals surface area contributed by atoms with Crippen molar-refractivity contribution in [3.8, 4) is 11.5 Å². The molecule has 4 nitrogen and oxygen atoms in total. The maximum Gasteiger partial charge on any atom is 0.165 e. The summed E-state index contributed by atoms with van der Waals surface area (Å²) in [6, 6.07) is 2.14. The Morgan fingerprint density at radius 1 is 1.21 bits per heavy atom. The number of hydrogen-bond acceptors (Lipinski definition) is 4. The van der Waals surface area contributed by atoms with Gasteiger partial charge in [-0.3, -0.25) is 4.90 Å². The minimum absolute atomic E-state index is 0.821. The molecule has 1 aromatic carbocycles. The van der Waals surface area contributed by atoms with E-state index >= 15 is 0 Å². The van der Waals surface area contributed by atoms with Crippen LogP contribution in [0.15, 0.2) is 10.5 Å². The molecular formula is C14H21BrN2O2. The number of piperazine rings is 1. The largest absolute Gasteiger partial charge is 0.493 e. The van der Waals surface area contributed by atoms with Crippen LogP contribution in [0, 0.1) is 6.92 Å². The van der Waals surface area contributed by atoms with E-state index in [2.05, 4.69) is 32.2 Å². The van der Waals surface area contributed by atoms with Crippen molar-refractivity contribution in [2.45, 2.75) is 13.5 Å². The lowest BCUT2D eigenvalue weighted by Crippen LogP contribution is -2.42. The van der Waals surface area contributed by atoms with Crippen LogP contribution in [-0.2, 0) is 6.54 Å². The molecule has 0 aromatic heterocycles. The van der Waals surface area contributed by atoms with Crippen LogP contribution in [0.4, 0.5) is 0 Å². The number of nitrogens with zero attached hydrogens (tertiary/aromatic N) is 1. The van der Waals surface area contributed by atoms with Crippen LogP contribution in [0.3, 0.4) is 0 Å². The molecule has 0 aliphatic carbocycles. The van der Waals surface area contributed by atoms with E-state index in [1.165, 1.54) is 5.56 Å². The van der Waals surface area contributed by atoms with E-state index in [0.29, 0.717) is 0 Å². The predicted molar refractivity (Wildman–Crippen MR) is 80.1 cm³/mol. The van der Waals surface area contributed by atoms with Gasteiger partial charge in [0, 0.05) is 48.3 Å². The molecule has 1 aliphatic rings. The molecule has 1 fully saturated rings. The molecule has 0 radical (unpaired) electrons. The summed E-state index contributed by atoms with van der Waals surface area (Å²) in [5.74, 6) is 1.67. The number of halogens is 1. The fourth-order valence-corrected chi connectivity index (χ4v) is 2.90. The Bertz CT molecular complexity index is 446. The van der Waals surface area contributed by atoms with E-state index in [-0.39, 0.29) is 0 Å². The van der Waals surface area contributed by atoms with Gasteiger partial charge in [0.25, 0.3) is 0 Å². The average Bonchev–Trinajstić information content (AvgIpc) is 2.43. The first-order valence-corrected chi connectivity index (χ1v) is 7.29. The molecule has 1 aliphatic heterocycles. The highest BCUT2D eigenvalue weighted by atomic mass is 79.9. The quantitative estimate of drug-likeness (QED) is 0.918. The second-order valence-electron chi connectivity index (χ2n) is 4.74. The lowest BCUT2D eigenvalue weighted by molar-refractivity contribution is 0.229. The molecule has 1 aromatic rings. The number of rotatable bonds is 4. The van der Waals surface area contributed by atoms with Gasteiger partial charge in [-0.15, -0.1) is 0 Å². The lowest BCUT2D eigenvalue weighted by Gasteiger charge is -2.28. The molecule has 0 saturated carbocycles. The van der Waals surface area contributed by atoms with E-state index in [1.54, 1.807) is 14.2 Å². The van der Waals surface area contributed by atoms with E-state index in [4.69, 9.17) is 9.47 Å². The van der Waals surface area contributed by atoms with Gasteiger partial charge in [-0.25, -0.2) is 0 Å². The second kappa shape index (κ2) is 6.59. The Morgan fingerprint density at radius 3 is 2.42 bits per heavy atom. The fourth-order valence-electron chi connectivity index (χ4n) is 2.45. The third kappa shape index (κ3) is 3.22. The number of hydrogen-bond donors (Lipinski definition) is 1. The zero-order chi connectivity index (χ0) is 13.8. The van der Waals surface area contributed by atoms with Crippen molar-refractivity contribution >= 4 is 15.9 Å². The molecule has 106 valence electrons. The molecule has 0 atom stereocenters. The van der Waals surface area contributed by atoms with Gasteiger partial charge in [-0.1, -0.05) is 15.9 Å². The highest BCUT2D eigenvalue weighted by Crippen LogP contribution is 2.39. The maximum atomic E-state index is 5.56. The molecular weight excluding hydrogens is 308 g/mol. The van der Waals surface area contributed by atoms with Gasteiger partial charge in [0.2, 0.25) is 0 Å². The van der Waals surface area contributed by atoms with Gasteiger partial charge in [-0.05, 0) is 13.0 Å². The monoisotopic (exact) mass is 328 g/mol. The highest BCUT2D eigenvalue weighted by Gasteiger charge is 2.19. The Balaban J connectivity index is 2.30. The summed E-state index contributed by atoms with van der Waals surface area (Å²) >= 11 is 3.60. The summed E-state index contributed by atoms with van der Waals surface area (Å²) in [6.07, 6.45) is 0. The van der Waals surface area contributed by atoms with Crippen molar-refractivity contribution in [1.29, 1.82) is 0 Å². The molecule has 19 heavy (non-hydrogen) atoms. The molecule has 1 saturated heterocycles. The van der Waals surface area contributed by atoms with Crippen LogP contribution in [0.1, 0.15) is 11.1 Å². The van der Waals surface area contributed by atoms with Gasteiger partial charge in [0.15, 0.2) is 11.5 Å². The van der Waals surface area contributed by atoms with Crippen LogP contribution in [-0.4, -0.2) is 45.3 Å². The molecule has 5 heteroatoms. The number of methoxy groups -OCH3 is 2. The first-order valence-electron chi connectivity index (χ1n) is 6.50. The van der Waals surface area contributed by atoms with Crippen molar-refractivity contribution in [3.05, 3.63) is 21.7 Å². The van der Waals surface area contributed by atoms with Gasteiger partial charge in [0.1, 0.15) is 0 Å². The van der Waals surface area contributed by atoms with Crippen molar-refractivity contribution in [1.82, 2.24) is 10.2 Å². The zero-order valence-electron chi connectivity index (χ0n) is 11.8. The van der Waals surface area contributed by atoms with E-state index in [0.717, 1.165) is 54.3 Å². The second-order valence-corrected chi connectivity index (χ2v) is 5.59. The normalized spacial score (nSPS) is 16.4. The minimum Gasteiger partial charge on any atom is -0.493 e. The Labute approximate surface area is 123 Å². The van der Waals surface area contributed by atoms with E-state index in [9.17, 15) is 0 Å². The summed E-state index contributed by atoms with van der Waals surface area (Å²) < 4.78 is 12.1. The molecule has 0 spiro atoms. The number of ether oxygens (including phenoxy) is 2. The zero-order valence-corrected chi connectivity index (χ0v) is 13.3. The standard InChI is InChI=1S/C14H21BrN2O2/c1-10-12(15)8-11(14(19-3)13(10)18-2)9-17-6-4-16-5-7-17/h8,16H,4-7,9H2,1-3H3.